The van der Waals surface area contributed by atoms with Crippen molar-refractivity contribution >= 4 is 21.4 Å². The monoisotopic (exact) mass is 357 g/mol. The summed E-state index contributed by atoms with van der Waals surface area (Å²) in [5.74, 6) is -0.373. The summed E-state index contributed by atoms with van der Waals surface area (Å²) in [5.41, 5.74) is 13.4. The first-order chi connectivity index (χ1) is 11.8. The van der Waals surface area contributed by atoms with Crippen molar-refractivity contribution in [1.82, 2.24) is 5.16 Å². The number of sulfone groups is 1. The fourth-order valence-electron chi connectivity index (χ4n) is 2.46. The smallest absolute Gasteiger partial charge is 0.249 e. The quantitative estimate of drug-likeness (QED) is 0.735. The number of nitrogen functional groups attached to an aromatic ring is 1. The van der Waals surface area contributed by atoms with Crippen LogP contribution >= 0.6 is 0 Å². The van der Waals surface area contributed by atoms with Crippen LogP contribution in [0.1, 0.15) is 10.4 Å². The van der Waals surface area contributed by atoms with Gasteiger partial charge in [0.2, 0.25) is 5.91 Å². The Labute approximate surface area is 144 Å². The zero-order valence-electron chi connectivity index (χ0n) is 13.3. The summed E-state index contributed by atoms with van der Waals surface area (Å²) in [6.07, 6.45) is 1.13. The van der Waals surface area contributed by atoms with Gasteiger partial charge in [0.05, 0.1) is 10.5 Å². The molecular formula is C17H15N3O4S. The van der Waals surface area contributed by atoms with Crippen LogP contribution < -0.4 is 11.5 Å². The number of carbonyl (C=O) groups excluding carboxylic acids is 1. The van der Waals surface area contributed by atoms with Crippen molar-refractivity contribution in [2.24, 2.45) is 5.73 Å². The van der Waals surface area contributed by atoms with E-state index in [-0.39, 0.29) is 21.9 Å². The Bertz CT molecular complexity index is 1050. The fourth-order valence-corrected chi connectivity index (χ4v) is 3.09. The van der Waals surface area contributed by atoms with Crippen molar-refractivity contribution < 1.29 is 17.7 Å². The summed E-state index contributed by atoms with van der Waals surface area (Å²) in [6.45, 7) is 0. The van der Waals surface area contributed by atoms with Crippen molar-refractivity contribution in [3.8, 4) is 22.6 Å². The second kappa shape index (κ2) is 6.06. The number of rotatable bonds is 4. The number of benzene rings is 2. The van der Waals surface area contributed by atoms with Crippen LogP contribution in [-0.2, 0) is 9.84 Å². The van der Waals surface area contributed by atoms with E-state index < -0.39 is 15.7 Å². The van der Waals surface area contributed by atoms with Crippen molar-refractivity contribution in [1.29, 1.82) is 0 Å². The second-order valence-electron chi connectivity index (χ2n) is 5.48. The molecule has 0 saturated carbocycles. The number of hydrogen-bond acceptors (Lipinski definition) is 6. The van der Waals surface area contributed by atoms with Gasteiger partial charge in [-0.15, -0.1) is 0 Å². The van der Waals surface area contributed by atoms with E-state index in [9.17, 15) is 13.2 Å². The summed E-state index contributed by atoms with van der Waals surface area (Å²) >= 11 is 0. The molecule has 2 aromatic carbocycles. The summed E-state index contributed by atoms with van der Waals surface area (Å²) < 4.78 is 28.4. The predicted molar refractivity (Wildman–Crippen MR) is 93.4 cm³/mol. The maximum absolute atomic E-state index is 11.6. The highest BCUT2D eigenvalue weighted by molar-refractivity contribution is 7.90. The van der Waals surface area contributed by atoms with E-state index in [0.717, 1.165) is 6.26 Å². The van der Waals surface area contributed by atoms with Gasteiger partial charge >= 0.3 is 0 Å². The molecule has 0 aliphatic rings. The van der Waals surface area contributed by atoms with Crippen molar-refractivity contribution in [2.75, 3.05) is 12.0 Å². The van der Waals surface area contributed by atoms with Crippen molar-refractivity contribution in [3.05, 3.63) is 54.1 Å². The lowest BCUT2D eigenvalue weighted by molar-refractivity contribution is 0.100. The Hall–Kier alpha value is -3.13. The third-order valence-electron chi connectivity index (χ3n) is 3.72. The molecule has 0 spiro atoms. The largest absolute Gasteiger partial charge is 0.394 e. The molecule has 128 valence electrons. The molecule has 25 heavy (non-hydrogen) atoms. The van der Waals surface area contributed by atoms with Gasteiger partial charge in [-0.05, 0) is 18.2 Å². The molecule has 0 aliphatic carbocycles. The van der Waals surface area contributed by atoms with Crippen LogP contribution in [0.25, 0.3) is 22.6 Å². The predicted octanol–water partition coefficient (Wildman–Crippen LogP) is 2.09. The van der Waals surface area contributed by atoms with E-state index in [1.807, 2.05) is 0 Å². The maximum Gasteiger partial charge on any atom is 0.249 e. The van der Waals surface area contributed by atoms with Crippen LogP contribution in [0, 0.1) is 0 Å². The summed E-state index contributed by atoms with van der Waals surface area (Å²) in [7, 11) is -3.29. The van der Waals surface area contributed by atoms with Gasteiger partial charge in [-0.25, -0.2) is 8.42 Å². The fraction of sp³-hybridized carbons (Fsp3) is 0.0588. The minimum absolute atomic E-state index is 0.192. The number of anilines is 1. The number of nitrogens with zero attached hydrogens (tertiary/aromatic N) is 1. The average molecular weight is 357 g/mol. The second-order valence-corrected chi connectivity index (χ2v) is 7.50. The summed E-state index contributed by atoms with van der Waals surface area (Å²) in [6, 6.07) is 12.8. The van der Waals surface area contributed by atoms with E-state index in [0.29, 0.717) is 16.8 Å². The van der Waals surface area contributed by atoms with Gasteiger partial charge < -0.3 is 16.0 Å². The van der Waals surface area contributed by atoms with E-state index in [1.54, 1.807) is 36.4 Å². The highest BCUT2D eigenvalue weighted by atomic mass is 32.2. The molecule has 1 aromatic heterocycles. The van der Waals surface area contributed by atoms with Gasteiger partial charge in [-0.2, -0.15) is 0 Å². The summed E-state index contributed by atoms with van der Waals surface area (Å²) in [5, 5.41) is 3.95. The van der Waals surface area contributed by atoms with Gasteiger partial charge in [0.15, 0.2) is 15.6 Å². The SMILES string of the molecule is CS(=O)(=O)c1ccc(-c2noc(-c3ccccc3C(N)=O)c2N)cc1. The minimum Gasteiger partial charge on any atom is -0.394 e. The van der Waals surface area contributed by atoms with Crippen LogP contribution in [0.2, 0.25) is 0 Å². The molecule has 0 radical (unpaired) electrons. The Morgan fingerprint density at radius 2 is 1.72 bits per heavy atom. The van der Waals surface area contributed by atoms with E-state index in [2.05, 4.69) is 5.16 Å². The molecule has 0 unspecified atom stereocenters. The van der Waals surface area contributed by atoms with Crippen LogP contribution in [0.5, 0.6) is 0 Å². The van der Waals surface area contributed by atoms with Gasteiger partial charge in [0, 0.05) is 17.4 Å². The summed E-state index contributed by atoms with van der Waals surface area (Å²) in [4.78, 5) is 11.8. The third kappa shape index (κ3) is 3.11. The Balaban J connectivity index is 2.07. The molecule has 3 rings (SSSR count). The first-order valence-corrected chi connectivity index (χ1v) is 9.13. The number of hydrogen-bond donors (Lipinski definition) is 2. The van der Waals surface area contributed by atoms with Crippen LogP contribution in [0.4, 0.5) is 5.69 Å². The standard InChI is InChI=1S/C17H15N3O4S/c1-25(22,23)11-8-6-10(7-9-11)15-14(18)16(24-20-15)12-4-2-3-5-13(12)17(19)21/h2-9H,18H2,1H3,(H2,19,21). The number of primary amides is 1. The number of aromatic nitrogens is 1. The number of amides is 1. The Kier molecular flexibility index (Phi) is 4.05. The van der Waals surface area contributed by atoms with Gasteiger partial charge in [-0.3, -0.25) is 4.79 Å². The number of nitrogens with two attached hydrogens (primary N) is 2. The normalized spacial score (nSPS) is 11.4. The molecule has 1 amide bonds. The Morgan fingerprint density at radius 3 is 2.32 bits per heavy atom. The molecule has 4 N–H and O–H groups in total. The molecule has 7 nitrogen and oxygen atoms in total. The lowest BCUT2D eigenvalue weighted by Crippen LogP contribution is -2.12. The molecule has 0 fully saturated rings. The van der Waals surface area contributed by atoms with Crippen molar-refractivity contribution in [2.45, 2.75) is 4.90 Å². The number of carbonyl (C=O) groups is 1. The van der Waals surface area contributed by atoms with E-state index in [4.69, 9.17) is 16.0 Å². The topological polar surface area (TPSA) is 129 Å². The first-order valence-electron chi connectivity index (χ1n) is 7.24. The highest BCUT2D eigenvalue weighted by Crippen LogP contribution is 2.36. The van der Waals surface area contributed by atoms with Crippen LogP contribution in [0.15, 0.2) is 57.9 Å². The van der Waals surface area contributed by atoms with Gasteiger partial charge in [-0.1, -0.05) is 35.5 Å². The molecule has 0 saturated heterocycles. The van der Waals surface area contributed by atoms with Crippen LogP contribution in [0.3, 0.4) is 0 Å². The maximum atomic E-state index is 11.6. The average Bonchev–Trinajstić information content (AvgIpc) is 2.95. The highest BCUT2D eigenvalue weighted by Gasteiger charge is 2.20. The molecule has 0 aliphatic heterocycles. The lowest BCUT2D eigenvalue weighted by Gasteiger charge is -2.04. The molecule has 0 bridgehead atoms. The van der Waals surface area contributed by atoms with E-state index in [1.165, 1.54) is 12.1 Å². The molecule has 0 atom stereocenters. The van der Waals surface area contributed by atoms with Gasteiger partial charge in [0.25, 0.3) is 0 Å². The Morgan fingerprint density at radius 1 is 1.08 bits per heavy atom. The van der Waals surface area contributed by atoms with E-state index >= 15 is 0 Å². The minimum atomic E-state index is -3.29. The first kappa shape index (κ1) is 16.7. The molecule has 8 heteroatoms. The zero-order valence-corrected chi connectivity index (χ0v) is 14.1. The lowest BCUT2D eigenvalue weighted by atomic mass is 10.0. The van der Waals surface area contributed by atoms with Crippen LogP contribution in [-0.4, -0.2) is 25.7 Å². The molecule has 3 aromatic rings. The zero-order chi connectivity index (χ0) is 18.2. The molecular weight excluding hydrogens is 342 g/mol. The third-order valence-corrected chi connectivity index (χ3v) is 4.85. The van der Waals surface area contributed by atoms with Crippen molar-refractivity contribution in [3.63, 3.8) is 0 Å². The molecule has 1 heterocycles. The van der Waals surface area contributed by atoms with Gasteiger partial charge in [0.1, 0.15) is 11.4 Å².